The Bertz CT molecular complexity index is 1840. The standard InChI is InChI=1S/C30H22F3N3O6S/c1-15-3-5-16(6-4-15)20-13-22(30(31,32)33)35-28-23(20)24(25(43-28)26(34)37)36-27(38)21-12-11-19(42-21)14-41-18-9-7-17(8-10-18)29(39)40-2/h3-13H,14H2,1-2H3,(H2,34,37)(H,36,38). The molecule has 0 fully saturated rings. The lowest BCUT2D eigenvalue weighted by Crippen LogP contribution is -2.16. The number of furan rings is 1. The molecule has 3 aromatic heterocycles. The molecule has 0 aliphatic carbocycles. The average Bonchev–Trinajstić information content (AvgIpc) is 3.61. The van der Waals surface area contributed by atoms with Gasteiger partial charge in [-0.1, -0.05) is 29.8 Å². The SMILES string of the molecule is COC(=O)c1ccc(OCc2ccc(C(=O)Nc3c(C(N)=O)sc4nc(C(F)(F)F)cc(-c5ccc(C)cc5)c34)o2)cc1. The van der Waals surface area contributed by atoms with Crippen molar-refractivity contribution < 1.29 is 41.4 Å². The van der Waals surface area contributed by atoms with Gasteiger partial charge in [0.2, 0.25) is 0 Å². The molecule has 0 spiro atoms. The van der Waals surface area contributed by atoms with E-state index in [2.05, 4.69) is 15.0 Å². The summed E-state index contributed by atoms with van der Waals surface area (Å²) in [6.07, 6.45) is -4.76. The molecule has 0 radical (unpaired) electrons. The molecule has 5 aromatic rings. The van der Waals surface area contributed by atoms with Crippen molar-refractivity contribution >= 4 is 45.0 Å². The van der Waals surface area contributed by atoms with Crippen LogP contribution in [0.5, 0.6) is 5.75 Å². The minimum absolute atomic E-state index is 0.0551. The Morgan fingerprint density at radius 3 is 2.35 bits per heavy atom. The van der Waals surface area contributed by atoms with E-state index in [9.17, 15) is 27.6 Å². The predicted octanol–water partition coefficient (Wildman–Crippen LogP) is 6.60. The van der Waals surface area contributed by atoms with Gasteiger partial charge in [0.1, 0.15) is 33.5 Å². The zero-order chi connectivity index (χ0) is 30.9. The predicted molar refractivity (Wildman–Crippen MR) is 152 cm³/mol. The number of esters is 1. The summed E-state index contributed by atoms with van der Waals surface area (Å²) >= 11 is 0.647. The topological polar surface area (TPSA) is 134 Å². The van der Waals surface area contributed by atoms with Crippen LogP contribution in [-0.4, -0.2) is 29.9 Å². The fourth-order valence-electron chi connectivity index (χ4n) is 4.21. The van der Waals surface area contributed by atoms with E-state index in [0.717, 1.165) is 11.6 Å². The number of alkyl halides is 3. The van der Waals surface area contributed by atoms with Crippen LogP contribution in [0.25, 0.3) is 21.3 Å². The van der Waals surface area contributed by atoms with Gasteiger partial charge in [0.15, 0.2) is 5.76 Å². The Hall–Kier alpha value is -5.17. The largest absolute Gasteiger partial charge is 0.486 e. The number of pyridine rings is 1. The minimum Gasteiger partial charge on any atom is -0.486 e. The van der Waals surface area contributed by atoms with Crippen molar-refractivity contribution in [2.45, 2.75) is 19.7 Å². The smallest absolute Gasteiger partial charge is 0.433 e. The van der Waals surface area contributed by atoms with Crippen LogP contribution in [0.2, 0.25) is 0 Å². The van der Waals surface area contributed by atoms with Gasteiger partial charge in [0.05, 0.1) is 18.4 Å². The molecule has 13 heteroatoms. The van der Waals surface area contributed by atoms with E-state index in [1.807, 2.05) is 6.92 Å². The van der Waals surface area contributed by atoms with Gasteiger partial charge in [-0.15, -0.1) is 11.3 Å². The number of carbonyl (C=O) groups is 3. The van der Waals surface area contributed by atoms with Gasteiger partial charge in [-0.3, -0.25) is 9.59 Å². The van der Waals surface area contributed by atoms with Gasteiger partial charge >= 0.3 is 12.1 Å². The van der Waals surface area contributed by atoms with E-state index < -0.39 is 29.7 Å². The molecule has 0 bridgehead atoms. The first-order chi connectivity index (χ1) is 20.4. The van der Waals surface area contributed by atoms with Crippen LogP contribution in [-0.2, 0) is 17.5 Å². The highest BCUT2D eigenvalue weighted by molar-refractivity contribution is 7.21. The maximum absolute atomic E-state index is 13.8. The number of fused-ring (bicyclic) bond motifs is 1. The molecule has 220 valence electrons. The molecule has 43 heavy (non-hydrogen) atoms. The number of hydrogen-bond donors (Lipinski definition) is 2. The molecule has 2 amide bonds. The number of amides is 2. The zero-order valence-electron chi connectivity index (χ0n) is 22.6. The third kappa shape index (κ3) is 6.21. The third-order valence-electron chi connectivity index (χ3n) is 6.32. The molecule has 0 saturated heterocycles. The molecule has 0 aliphatic heterocycles. The number of methoxy groups -OCH3 is 1. The lowest BCUT2D eigenvalue weighted by Gasteiger charge is -2.12. The number of carbonyl (C=O) groups excluding carboxylic acids is 3. The fraction of sp³-hybridized carbons (Fsp3) is 0.133. The summed E-state index contributed by atoms with van der Waals surface area (Å²) in [5.74, 6) is -1.65. The highest BCUT2D eigenvalue weighted by atomic mass is 32.1. The number of thiophene rings is 1. The van der Waals surface area contributed by atoms with Gasteiger partial charge in [0.25, 0.3) is 11.8 Å². The second kappa shape index (κ2) is 11.6. The molecule has 3 heterocycles. The molecule has 0 aliphatic rings. The molecule has 5 rings (SSSR count). The molecule has 9 nitrogen and oxygen atoms in total. The number of nitrogens with two attached hydrogens (primary N) is 1. The normalized spacial score (nSPS) is 11.4. The molecule has 0 unspecified atom stereocenters. The first-order valence-corrected chi connectivity index (χ1v) is 13.4. The summed E-state index contributed by atoms with van der Waals surface area (Å²) in [5, 5.41) is 2.73. The number of halogens is 3. The van der Waals surface area contributed by atoms with Crippen LogP contribution in [0.15, 0.2) is 71.1 Å². The number of rotatable bonds is 8. The zero-order valence-corrected chi connectivity index (χ0v) is 23.4. The van der Waals surface area contributed by atoms with E-state index in [1.54, 1.807) is 36.4 Å². The van der Waals surface area contributed by atoms with Crippen molar-refractivity contribution in [2.75, 3.05) is 12.4 Å². The summed E-state index contributed by atoms with van der Waals surface area (Å²) in [6.45, 7) is 1.78. The van der Waals surface area contributed by atoms with Crippen LogP contribution in [0, 0.1) is 6.92 Å². The van der Waals surface area contributed by atoms with E-state index >= 15 is 0 Å². The summed E-state index contributed by atoms with van der Waals surface area (Å²) in [6, 6.07) is 16.7. The molecule has 2 aromatic carbocycles. The van der Waals surface area contributed by atoms with Crippen molar-refractivity contribution in [2.24, 2.45) is 5.73 Å². The van der Waals surface area contributed by atoms with Crippen molar-refractivity contribution in [3.05, 3.63) is 99.9 Å². The van der Waals surface area contributed by atoms with Crippen molar-refractivity contribution in [1.82, 2.24) is 4.98 Å². The first-order valence-electron chi connectivity index (χ1n) is 12.6. The lowest BCUT2D eigenvalue weighted by molar-refractivity contribution is -0.140. The number of nitrogens with zero attached hydrogens (tertiary/aromatic N) is 1. The maximum atomic E-state index is 13.8. The summed E-state index contributed by atoms with van der Waals surface area (Å²) in [7, 11) is 1.27. The quantitative estimate of drug-likeness (QED) is 0.189. The maximum Gasteiger partial charge on any atom is 0.433 e. The monoisotopic (exact) mass is 609 g/mol. The summed E-state index contributed by atoms with van der Waals surface area (Å²) in [4.78, 5) is 40.6. The van der Waals surface area contributed by atoms with Crippen LogP contribution in [0.4, 0.5) is 18.9 Å². The third-order valence-corrected chi connectivity index (χ3v) is 7.42. The summed E-state index contributed by atoms with van der Waals surface area (Å²) in [5.41, 5.74) is 6.10. The van der Waals surface area contributed by atoms with Gasteiger partial charge < -0.3 is 24.9 Å². The second-order valence-corrected chi connectivity index (χ2v) is 10.3. The van der Waals surface area contributed by atoms with Gasteiger partial charge in [-0.2, -0.15) is 13.2 Å². The number of nitrogens with one attached hydrogen (secondary N) is 1. The number of aryl methyl sites for hydroxylation is 1. The van der Waals surface area contributed by atoms with Crippen LogP contribution < -0.4 is 15.8 Å². The number of hydrogen-bond acceptors (Lipinski definition) is 8. The number of anilines is 1. The highest BCUT2D eigenvalue weighted by Gasteiger charge is 2.35. The van der Waals surface area contributed by atoms with Crippen molar-refractivity contribution in [3.63, 3.8) is 0 Å². The molecule has 0 atom stereocenters. The van der Waals surface area contributed by atoms with E-state index in [0.29, 0.717) is 28.2 Å². The highest BCUT2D eigenvalue weighted by Crippen LogP contribution is 2.43. The Kier molecular flexibility index (Phi) is 7.91. The van der Waals surface area contributed by atoms with Gasteiger partial charge in [0, 0.05) is 5.39 Å². The number of aromatic nitrogens is 1. The Balaban J connectivity index is 1.45. The van der Waals surface area contributed by atoms with Crippen molar-refractivity contribution in [3.8, 4) is 16.9 Å². The number of primary amides is 1. The van der Waals surface area contributed by atoms with Gasteiger partial charge in [-0.05, 0) is 60.5 Å². The number of benzene rings is 2. The van der Waals surface area contributed by atoms with E-state index in [1.165, 1.54) is 31.4 Å². The Morgan fingerprint density at radius 2 is 1.72 bits per heavy atom. The Labute approximate surface area is 246 Å². The number of ether oxygens (including phenoxy) is 2. The van der Waals surface area contributed by atoms with Crippen LogP contribution in [0.1, 0.15) is 47.6 Å². The Morgan fingerprint density at radius 1 is 1.02 bits per heavy atom. The average molecular weight is 610 g/mol. The molecule has 0 saturated carbocycles. The van der Waals surface area contributed by atoms with E-state index in [-0.39, 0.29) is 44.5 Å². The molecular weight excluding hydrogens is 587 g/mol. The molecular formula is C30H22F3N3O6S. The fourth-order valence-corrected chi connectivity index (χ4v) is 5.22. The van der Waals surface area contributed by atoms with Gasteiger partial charge in [-0.25, -0.2) is 9.78 Å². The molecule has 3 N–H and O–H groups in total. The van der Waals surface area contributed by atoms with E-state index in [4.69, 9.17) is 14.9 Å². The van der Waals surface area contributed by atoms with Crippen LogP contribution >= 0.6 is 11.3 Å². The lowest BCUT2D eigenvalue weighted by atomic mass is 10.00. The minimum atomic E-state index is -4.76. The summed E-state index contributed by atoms with van der Waals surface area (Å²) < 4.78 is 57.2. The van der Waals surface area contributed by atoms with Crippen molar-refractivity contribution in [1.29, 1.82) is 0 Å². The first kappa shape index (κ1) is 29.3. The van der Waals surface area contributed by atoms with Crippen LogP contribution in [0.3, 0.4) is 0 Å². The second-order valence-electron chi connectivity index (χ2n) is 9.29.